The van der Waals surface area contributed by atoms with Gasteiger partial charge in [0, 0.05) is 65.0 Å². The molecule has 0 amide bonds. The van der Waals surface area contributed by atoms with Crippen molar-refractivity contribution in [1.82, 2.24) is 15.0 Å². The molecule has 6 N–H and O–H groups in total. The predicted octanol–water partition coefficient (Wildman–Crippen LogP) is 14.7. The van der Waals surface area contributed by atoms with Gasteiger partial charge in [0.05, 0.1) is 17.1 Å². The van der Waals surface area contributed by atoms with Gasteiger partial charge in [-0.3, -0.25) is 0 Å². The van der Waals surface area contributed by atoms with E-state index in [-0.39, 0.29) is 17.2 Å². The van der Waals surface area contributed by atoms with E-state index < -0.39 is 0 Å². The van der Waals surface area contributed by atoms with Crippen LogP contribution in [0.25, 0.3) is 33.8 Å². The highest BCUT2D eigenvalue weighted by Crippen LogP contribution is 2.31. The summed E-state index contributed by atoms with van der Waals surface area (Å²) in [6, 6.07) is 43.4. The number of nitrogens with zero attached hydrogens (tertiary/aromatic N) is 3. The third-order valence-corrected chi connectivity index (χ3v) is 11.3. The van der Waals surface area contributed by atoms with Crippen LogP contribution in [0.3, 0.4) is 0 Å². The summed E-state index contributed by atoms with van der Waals surface area (Å²) in [6.07, 6.45) is 0. The fourth-order valence-electron chi connectivity index (χ4n) is 5.26. The summed E-state index contributed by atoms with van der Waals surface area (Å²) in [6.45, 7) is 0. The smallest absolute Gasteiger partial charge is 0.187 e. The minimum absolute atomic E-state index is 0.247. The van der Waals surface area contributed by atoms with Crippen molar-refractivity contribution in [3.63, 3.8) is 0 Å². The molecule has 9 nitrogen and oxygen atoms in total. The Hall–Kier alpha value is -6.12. The molecule has 0 fully saturated rings. The molecule has 15 heteroatoms. The molecule has 0 aliphatic carbocycles. The second-order valence-corrected chi connectivity index (χ2v) is 16.5. The van der Waals surface area contributed by atoms with Gasteiger partial charge >= 0.3 is 0 Å². The number of aromatic hydroxyl groups is 3. The maximum absolute atomic E-state index is 9.25. The molecule has 60 heavy (non-hydrogen) atoms. The van der Waals surface area contributed by atoms with Crippen molar-refractivity contribution >= 4 is 101 Å². The molecule has 3 heterocycles. The number of hydrogen-bond acceptors (Lipinski definition) is 12. The number of phenols is 3. The Morgan fingerprint density at radius 1 is 0.333 bits per heavy atom. The zero-order valence-electron chi connectivity index (χ0n) is 31.1. The van der Waals surface area contributed by atoms with Crippen LogP contribution in [0.5, 0.6) is 17.2 Å². The summed E-state index contributed by atoms with van der Waals surface area (Å²) in [5.74, 6) is 0.740. The fourth-order valence-corrected chi connectivity index (χ4v) is 7.86. The van der Waals surface area contributed by atoms with Crippen molar-refractivity contribution in [2.75, 3.05) is 16.0 Å². The molecule has 0 unspecified atom stereocenters. The highest BCUT2D eigenvalue weighted by atomic mass is 35.5. The largest absolute Gasteiger partial charge is 0.508 e. The molecule has 0 bridgehead atoms. The normalized spacial score (nSPS) is 10.4. The van der Waals surface area contributed by atoms with Gasteiger partial charge in [-0.1, -0.05) is 71.2 Å². The highest BCUT2D eigenvalue weighted by molar-refractivity contribution is 7.14. The summed E-state index contributed by atoms with van der Waals surface area (Å²) in [4.78, 5) is 13.6. The molecule has 3 aromatic heterocycles. The van der Waals surface area contributed by atoms with Crippen LogP contribution >= 0.6 is 68.8 Å². The van der Waals surface area contributed by atoms with Crippen LogP contribution in [0.1, 0.15) is 0 Å². The van der Waals surface area contributed by atoms with Gasteiger partial charge in [-0.2, -0.15) is 0 Å². The minimum atomic E-state index is 0.247. The van der Waals surface area contributed by atoms with Crippen LogP contribution in [0.2, 0.25) is 15.1 Å². The molecule has 0 atom stereocenters. The minimum Gasteiger partial charge on any atom is -0.508 e. The van der Waals surface area contributed by atoms with Gasteiger partial charge in [-0.25, -0.2) is 15.0 Å². The van der Waals surface area contributed by atoms with E-state index in [0.717, 1.165) is 66.2 Å². The van der Waals surface area contributed by atoms with Gasteiger partial charge in [0.2, 0.25) is 0 Å². The van der Waals surface area contributed by atoms with E-state index in [9.17, 15) is 15.3 Å². The number of aromatic nitrogens is 3. The number of nitrogens with one attached hydrogen (secondary N) is 3. The molecule has 6 aromatic carbocycles. The Kier molecular flexibility index (Phi) is 14.2. The van der Waals surface area contributed by atoms with Crippen LogP contribution in [0.15, 0.2) is 162 Å². The molecule has 0 aliphatic heterocycles. The second-order valence-electron chi connectivity index (χ2n) is 12.6. The first kappa shape index (κ1) is 42.0. The Morgan fingerprint density at radius 2 is 0.567 bits per heavy atom. The summed E-state index contributed by atoms with van der Waals surface area (Å²) < 4.78 is 0. The van der Waals surface area contributed by atoms with Gasteiger partial charge < -0.3 is 31.3 Å². The molecule has 300 valence electrons. The van der Waals surface area contributed by atoms with E-state index in [0.29, 0.717) is 15.1 Å². The number of hydrogen-bond donors (Lipinski definition) is 6. The second kappa shape index (κ2) is 20.2. The first-order valence-corrected chi connectivity index (χ1v) is 21.7. The van der Waals surface area contributed by atoms with E-state index >= 15 is 0 Å². The van der Waals surface area contributed by atoms with E-state index in [4.69, 9.17) is 34.8 Å². The SMILES string of the molecule is Oc1ccc(Nc2nc(-c3ccc(Cl)cc3)cs2)cc1.Oc1ccc(Nc2nc(-c3ccc(Cl)cc3)cs2)cc1.Oc1ccc(Nc2nc(-c3ccc(Cl)cc3)cs2)cc1. The summed E-state index contributed by atoms with van der Waals surface area (Å²) in [7, 11) is 0. The third-order valence-electron chi connectivity index (χ3n) is 8.29. The van der Waals surface area contributed by atoms with E-state index in [1.54, 1.807) is 72.8 Å². The molecule has 0 saturated carbocycles. The first-order valence-electron chi connectivity index (χ1n) is 17.9. The van der Waals surface area contributed by atoms with E-state index in [1.165, 1.54) is 34.0 Å². The van der Waals surface area contributed by atoms with Gasteiger partial charge in [0.1, 0.15) is 17.2 Å². The topological polar surface area (TPSA) is 135 Å². The van der Waals surface area contributed by atoms with E-state index in [2.05, 4.69) is 30.9 Å². The maximum Gasteiger partial charge on any atom is 0.187 e. The fraction of sp³-hybridized carbons (Fsp3) is 0. The van der Waals surface area contributed by atoms with E-state index in [1.807, 2.05) is 88.9 Å². The van der Waals surface area contributed by atoms with Gasteiger partial charge in [0.25, 0.3) is 0 Å². The Morgan fingerprint density at radius 3 is 0.800 bits per heavy atom. The first-order chi connectivity index (χ1) is 29.1. The van der Waals surface area contributed by atoms with Crippen LogP contribution < -0.4 is 16.0 Å². The number of anilines is 6. The summed E-state index contributed by atoms with van der Waals surface area (Å²) in [5, 5.41) is 47.9. The Labute approximate surface area is 372 Å². The lowest BCUT2D eigenvalue weighted by Crippen LogP contribution is -1.88. The van der Waals surface area contributed by atoms with Gasteiger partial charge in [-0.15, -0.1) is 34.0 Å². The summed E-state index contributed by atoms with van der Waals surface area (Å²) >= 11 is 22.2. The quantitative estimate of drug-likeness (QED) is 0.0783. The lowest BCUT2D eigenvalue weighted by atomic mass is 10.2. The number of rotatable bonds is 9. The van der Waals surface area contributed by atoms with Crippen molar-refractivity contribution in [3.05, 3.63) is 177 Å². The Bertz CT molecular complexity index is 2430. The standard InChI is InChI=1S/3C15H11ClN2OS/c3*16-11-3-1-10(2-4-11)14-9-20-15(18-14)17-12-5-7-13(19)8-6-12/h3*1-9,19H,(H,17,18). The maximum atomic E-state index is 9.25. The van der Waals surface area contributed by atoms with Crippen LogP contribution in [-0.4, -0.2) is 30.3 Å². The lowest BCUT2D eigenvalue weighted by Gasteiger charge is -2.02. The lowest BCUT2D eigenvalue weighted by molar-refractivity contribution is 0.475. The molecule has 9 rings (SSSR count). The van der Waals surface area contributed by atoms with Crippen molar-refractivity contribution < 1.29 is 15.3 Å². The van der Waals surface area contributed by atoms with Crippen LogP contribution in [0.4, 0.5) is 32.5 Å². The van der Waals surface area contributed by atoms with Crippen LogP contribution in [0, 0.1) is 0 Å². The zero-order chi connectivity index (χ0) is 41.8. The van der Waals surface area contributed by atoms with Crippen molar-refractivity contribution in [2.24, 2.45) is 0 Å². The Balaban J connectivity index is 0.000000136. The number of phenolic OH excluding ortho intramolecular Hbond substituents is 3. The van der Waals surface area contributed by atoms with Gasteiger partial charge in [0.15, 0.2) is 15.4 Å². The molecular weight excluding hydrogens is 875 g/mol. The van der Waals surface area contributed by atoms with Crippen molar-refractivity contribution in [2.45, 2.75) is 0 Å². The zero-order valence-corrected chi connectivity index (χ0v) is 35.8. The molecule has 0 spiro atoms. The average Bonchev–Trinajstić information content (AvgIpc) is 4.05. The van der Waals surface area contributed by atoms with Crippen LogP contribution in [-0.2, 0) is 0 Å². The average molecular weight is 908 g/mol. The molecule has 9 aromatic rings. The third kappa shape index (κ3) is 12.2. The number of halogens is 3. The molecule has 0 saturated heterocycles. The monoisotopic (exact) mass is 906 g/mol. The molecular formula is C45H33Cl3N6O3S3. The highest BCUT2D eigenvalue weighted by Gasteiger charge is 2.08. The van der Waals surface area contributed by atoms with Crippen molar-refractivity contribution in [3.8, 4) is 51.0 Å². The number of thiazole rings is 3. The molecule has 0 radical (unpaired) electrons. The number of benzene rings is 6. The predicted molar refractivity (Wildman–Crippen MR) is 252 cm³/mol. The van der Waals surface area contributed by atoms with Gasteiger partial charge in [-0.05, 0) is 109 Å². The molecule has 0 aliphatic rings. The summed E-state index contributed by atoms with van der Waals surface area (Å²) in [5.41, 5.74) is 8.49. The van der Waals surface area contributed by atoms with Crippen molar-refractivity contribution in [1.29, 1.82) is 0 Å².